The van der Waals surface area contributed by atoms with Gasteiger partial charge in [0.25, 0.3) is 0 Å². The molecule has 1 unspecified atom stereocenters. The second kappa shape index (κ2) is 7.61. The first-order chi connectivity index (χ1) is 9.81. The van der Waals surface area contributed by atoms with Crippen molar-refractivity contribution in [2.45, 2.75) is 25.9 Å². The monoisotopic (exact) mass is 268 g/mol. The standard InChI is InChI=1S/C18H20O2/c1-2-17(18(19)16-11-7-4-8-12-16)20-14-13-15-9-5-3-6-10-15/h3-12,17H,2,13-14H2,1H3. The Morgan fingerprint density at radius 1 is 1.00 bits per heavy atom. The number of Topliss-reactive ketones (excluding diaryl/α,β-unsaturated/α-hetero) is 1. The van der Waals surface area contributed by atoms with E-state index in [1.165, 1.54) is 5.56 Å². The summed E-state index contributed by atoms with van der Waals surface area (Å²) in [6.07, 6.45) is 1.18. The van der Waals surface area contributed by atoms with Gasteiger partial charge in [0.05, 0.1) is 6.61 Å². The lowest BCUT2D eigenvalue weighted by atomic mass is 10.0. The van der Waals surface area contributed by atoms with Gasteiger partial charge in [0.15, 0.2) is 5.78 Å². The van der Waals surface area contributed by atoms with E-state index in [1.54, 1.807) is 0 Å². The molecule has 0 amide bonds. The van der Waals surface area contributed by atoms with Crippen LogP contribution in [0, 0.1) is 0 Å². The molecule has 2 rings (SSSR count). The molecule has 0 heterocycles. The van der Waals surface area contributed by atoms with Crippen LogP contribution in [0.15, 0.2) is 60.7 Å². The summed E-state index contributed by atoms with van der Waals surface area (Å²) >= 11 is 0. The molecular weight excluding hydrogens is 248 g/mol. The number of rotatable bonds is 7. The van der Waals surface area contributed by atoms with E-state index in [0.717, 1.165) is 12.0 Å². The maximum absolute atomic E-state index is 12.3. The zero-order valence-corrected chi connectivity index (χ0v) is 11.8. The Labute approximate surface area is 120 Å². The van der Waals surface area contributed by atoms with Crippen molar-refractivity contribution in [3.8, 4) is 0 Å². The van der Waals surface area contributed by atoms with Crippen LogP contribution in [-0.2, 0) is 11.2 Å². The number of benzene rings is 2. The van der Waals surface area contributed by atoms with E-state index < -0.39 is 0 Å². The highest BCUT2D eigenvalue weighted by atomic mass is 16.5. The number of ether oxygens (including phenoxy) is 1. The minimum absolute atomic E-state index is 0.0705. The largest absolute Gasteiger partial charge is 0.370 e. The molecule has 2 aromatic carbocycles. The normalized spacial score (nSPS) is 12.1. The predicted octanol–water partition coefficient (Wildman–Crippen LogP) is 3.91. The number of ketones is 1. The Morgan fingerprint density at radius 3 is 2.20 bits per heavy atom. The third-order valence-corrected chi connectivity index (χ3v) is 3.27. The Kier molecular flexibility index (Phi) is 5.51. The third kappa shape index (κ3) is 4.04. The molecular formula is C18H20O2. The summed E-state index contributed by atoms with van der Waals surface area (Å²) in [5, 5.41) is 0. The molecule has 2 heteroatoms. The Balaban J connectivity index is 1.88. The van der Waals surface area contributed by atoms with E-state index >= 15 is 0 Å². The molecule has 0 radical (unpaired) electrons. The van der Waals surface area contributed by atoms with Crippen LogP contribution in [0.2, 0.25) is 0 Å². The van der Waals surface area contributed by atoms with Gasteiger partial charge in [-0.15, -0.1) is 0 Å². The highest BCUT2D eigenvalue weighted by Gasteiger charge is 2.18. The molecule has 0 aliphatic carbocycles. The first-order valence-electron chi connectivity index (χ1n) is 7.06. The molecule has 0 N–H and O–H groups in total. The van der Waals surface area contributed by atoms with Crippen LogP contribution in [0.3, 0.4) is 0 Å². The van der Waals surface area contributed by atoms with Gasteiger partial charge in [0.1, 0.15) is 6.10 Å². The molecule has 20 heavy (non-hydrogen) atoms. The van der Waals surface area contributed by atoms with E-state index in [1.807, 2.05) is 55.5 Å². The molecule has 2 aromatic rings. The van der Waals surface area contributed by atoms with Crippen molar-refractivity contribution in [3.63, 3.8) is 0 Å². The van der Waals surface area contributed by atoms with Crippen molar-refractivity contribution < 1.29 is 9.53 Å². The molecule has 2 nitrogen and oxygen atoms in total. The minimum atomic E-state index is -0.346. The van der Waals surface area contributed by atoms with Crippen molar-refractivity contribution in [2.24, 2.45) is 0 Å². The molecule has 0 bridgehead atoms. The Hall–Kier alpha value is -1.93. The summed E-state index contributed by atoms with van der Waals surface area (Å²) in [5.74, 6) is 0.0705. The summed E-state index contributed by atoms with van der Waals surface area (Å²) in [4.78, 5) is 12.3. The van der Waals surface area contributed by atoms with Crippen LogP contribution in [0.4, 0.5) is 0 Å². The van der Waals surface area contributed by atoms with Gasteiger partial charge in [-0.1, -0.05) is 67.6 Å². The van der Waals surface area contributed by atoms with Crippen LogP contribution in [-0.4, -0.2) is 18.5 Å². The summed E-state index contributed by atoms with van der Waals surface area (Å²) < 4.78 is 5.76. The predicted molar refractivity (Wildman–Crippen MR) is 80.9 cm³/mol. The number of carbonyl (C=O) groups excluding carboxylic acids is 1. The Morgan fingerprint density at radius 2 is 1.60 bits per heavy atom. The van der Waals surface area contributed by atoms with Gasteiger partial charge in [0, 0.05) is 5.56 Å². The van der Waals surface area contributed by atoms with Gasteiger partial charge in [-0.05, 0) is 18.4 Å². The van der Waals surface area contributed by atoms with Gasteiger partial charge in [-0.2, -0.15) is 0 Å². The number of hydrogen-bond acceptors (Lipinski definition) is 2. The molecule has 0 saturated carbocycles. The van der Waals surface area contributed by atoms with Crippen LogP contribution in [0.5, 0.6) is 0 Å². The Bertz CT molecular complexity index is 520. The van der Waals surface area contributed by atoms with Crippen LogP contribution < -0.4 is 0 Å². The molecule has 0 aliphatic heterocycles. The van der Waals surface area contributed by atoms with Crippen molar-refractivity contribution in [1.29, 1.82) is 0 Å². The molecule has 104 valence electrons. The van der Waals surface area contributed by atoms with E-state index in [0.29, 0.717) is 13.0 Å². The van der Waals surface area contributed by atoms with Gasteiger partial charge in [0.2, 0.25) is 0 Å². The maximum atomic E-state index is 12.3. The first-order valence-corrected chi connectivity index (χ1v) is 7.06. The van der Waals surface area contributed by atoms with Crippen LogP contribution in [0.25, 0.3) is 0 Å². The SMILES string of the molecule is CCC(OCCc1ccccc1)C(=O)c1ccccc1. The summed E-state index contributed by atoms with van der Waals surface area (Å²) in [5.41, 5.74) is 1.95. The highest BCUT2D eigenvalue weighted by Crippen LogP contribution is 2.10. The average molecular weight is 268 g/mol. The third-order valence-electron chi connectivity index (χ3n) is 3.27. The van der Waals surface area contributed by atoms with Gasteiger partial charge in [-0.25, -0.2) is 0 Å². The highest BCUT2D eigenvalue weighted by molar-refractivity contribution is 5.99. The molecule has 0 aliphatic rings. The lowest BCUT2D eigenvalue weighted by Crippen LogP contribution is -2.24. The molecule has 1 atom stereocenters. The zero-order valence-electron chi connectivity index (χ0n) is 11.8. The molecule has 0 fully saturated rings. The topological polar surface area (TPSA) is 26.3 Å². The lowest BCUT2D eigenvalue weighted by molar-refractivity contribution is 0.0407. The van der Waals surface area contributed by atoms with Crippen molar-refractivity contribution in [3.05, 3.63) is 71.8 Å². The number of hydrogen-bond donors (Lipinski definition) is 0. The lowest BCUT2D eigenvalue weighted by Gasteiger charge is -2.15. The van der Waals surface area contributed by atoms with Crippen LogP contribution in [0.1, 0.15) is 29.3 Å². The second-order valence-corrected chi connectivity index (χ2v) is 4.73. The molecule has 0 saturated heterocycles. The number of carbonyl (C=O) groups is 1. The van der Waals surface area contributed by atoms with Crippen molar-refractivity contribution >= 4 is 5.78 Å². The summed E-state index contributed by atoms with van der Waals surface area (Å²) in [7, 11) is 0. The molecule has 0 aromatic heterocycles. The van der Waals surface area contributed by atoms with Crippen molar-refractivity contribution in [1.82, 2.24) is 0 Å². The van der Waals surface area contributed by atoms with Crippen molar-refractivity contribution in [2.75, 3.05) is 6.61 Å². The fourth-order valence-corrected chi connectivity index (χ4v) is 2.13. The van der Waals surface area contributed by atoms with Gasteiger partial charge < -0.3 is 4.74 Å². The van der Waals surface area contributed by atoms with E-state index in [4.69, 9.17) is 4.74 Å². The zero-order chi connectivity index (χ0) is 14.2. The van der Waals surface area contributed by atoms with E-state index in [9.17, 15) is 4.79 Å². The fraction of sp³-hybridized carbons (Fsp3) is 0.278. The minimum Gasteiger partial charge on any atom is -0.370 e. The maximum Gasteiger partial charge on any atom is 0.191 e. The van der Waals surface area contributed by atoms with Gasteiger partial charge >= 0.3 is 0 Å². The van der Waals surface area contributed by atoms with Gasteiger partial charge in [-0.3, -0.25) is 4.79 Å². The van der Waals surface area contributed by atoms with Crippen LogP contribution >= 0.6 is 0 Å². The quantitative estimate of drug-likeness (QED) is 0.712. The second-order valence-electron chi connectivity index (χ2n) is 4.73. The fourth-order valence-electron chi connectivity index (χ4n) is 2.13. The van der Waals surface area contributed by atoms with E-state index in [-0.39, 0.29) is 11.9 Å². The molecule has 0 spiro atoms. The first kappa shape index (κ1) is 14.5. The summed E-state index contributed by atoms with van der Waals surface area (Å²) in [6, 6.07) is 19.5. The summed E-state index contributed by atoms with van der Waals surface area (Å²) in [6.45, 7) is 2.55. The van der Waals surface area contributed by atoms with E-state index in [2.05, 4.69) is 12.1 Å². The average Bonchev–Trinajstić information content (AvgIpc) is 2.53. The smallest absolute Gasteiger partial charge is 0.191 e.